The molecule has 1 N–H and O–H groups in total. The second-order valence-corrected chi connectivity index (χ2v) is 6.26. The molecule has 0 spiro atoms. The molecule has 19 heavy (non-hydrogen) atoms. The fourth-order valence-electron chi connectivity index (χ4n) is 1.09. The minimum absolute atomic E-state index is 0.0957. The Balaban J connectivity index is 2.25. The number of halogens is 1. The summed E-state index contributed by atoms with van der Waals surface area (Å²) >= 11 is 6.17. The zero-order chi connectivity index (χ0) is 14.0. The minimum atomic E-state index is -3.89. The average Bonchev–Trinajstić information content (AvgIpc) is 2.77. The van der Waals surface area contributed by atoms with Gasteiger partial charge in [0.25, 0.3) is 10.0 Å². The van der Waals surface area contributed by atoms with Crippen LogP contribution in [0.3, 0.4) is 0 Å². The van der Waals surface area contributed by atoms with E-state index < -0.39 is 14.9 Å². The summed E-state index contributed by atoms with van der Waals surface area (Å²) in [4.78, 5) is 16.9. The monoisotopic (exact) mass is 320 g/mol. The van der Waals surface area contributed by atoms with Gasteiger partial charge in [0, 0.05) is 6.20 Å². The van der Waals surface area contributed by atoms with Gasteiger partial charge < -0.3 is 0 Å². The van der Waals surface area contributed by atoms with E-state index in [0.717, 1.165) is 12.4 Å². The highest BCUT2D eigenvalue weighted by Gasteiger charge is 2.19. The zero-order valence-electron chi connectivity index (χ0n) is 8.98. The standard InChI is InChI=1S/C8H5ClN4O4S2/c9-6-2-1-5(3-10-6)19(16,17)12-8-11-4-7(18-8)13(14)15/h1-4H,(H,11,12). The second kappa shape index (κ2) is 5.07. The summed E-state index contributed by atoms with van der Waals surface area (Å²) in [6.07, 6.45) is 2.05. The molecule has 11 heteroatoms. The van der Waals surface area contributed by atoms with Gasteiger partial charge >= 0.3 is 5.00 Å². The van der Waals surface area contributed by atoms with Crippen LogP contribution in [-0.4, -0.2) is 23.3 Å². The van der Waals surface area contributed by atoms with Crippen molar-refractivity contribution >= 4 is 43.1 Å². The molecule has 2 aromatic rings. The van der Waals surface area contributed by atoms with Crippen LogP contribution in [0.25, 0.3) is 0 Å². The maximum absolute atomic E-state index is 11.9. The van der Waals surface area contributed by atoms with Crippen LogP contribution in [0.4, 0.5) is 10.1 Å². The first-order chi connectivity index (χ1) is 8.88. The lowest BCUT2D eigenvalue weighted by molar-refractivity contribution is -0.380. The molecule has 0 bridgehead atoms. The number of anilines is 1. The molecule has 0 aliphatic carbocycles. The number of nitrogens with zero attached hydrogens (tertiary/aromatic N) is 3. The van der Waals surface area contributed by atoms with Gasteiger partial charge in [0.05, 0.1) is 4.92 Å². The van der Waals surface area contributed by atoms with Gasteiger partial charge in [-0.3, -0.25) is 14.8 Å². The quantitative estimate of drug-likeness (QED) is 0.522. The summed E-state index contributed by atoms with van der Waals surface area (Å²) in [5, 5.41) is 10.3. The molecular weight excluding hydrogens is 316 g/mol. The Hall–Kier alpha value is -1.78. The number of pyridine rings is 1. The van der Waals surface area contributed by atoms with Crippen molar-refractivity contribution in [3.63, 3.8) is 0 Å². The lowest BCUT2D eigenvalue weighted by atomic mass is 10.5. The Bertz CT molecular complexity index is 713. The normalized spacial score (nSPS) is 11.2. The topological polar surface area (TPSA) is 115 Å². The first kappa shape index (κ1) is 13.6. The Morgan fingerprint density at radius 2 is 2.05 bits per heavy atom. The fourth-order valence-corrected chi connectivity index (χ4v) is 3.02. The fraction of sp³-hybridized carbons (Fsp3) is 0. The van der Waals surface area contributed by atoms with Crippen molar-refractivity contribution in [1.29, 1.82) is 0 Å². The van der Waals surface area contributed by atoms with Crippen LogP contribution < -0.4 is 4.72 Å². The van der Waals surface area contributed by atoms with Gasteiger partial charge in [-0.2, -0.15) is 0 Å². The lowest BCUT2D eigenvalue weighted by Gasteiger charge is -2.03. The molecule has 0 amide bonds. The van der Waals surface area contributed by atoms with Gasteiger partial charge in [-0.25, -0.2) is 18.4 Å². The van der Waals surface area contributed by atoms with E-state index in [1.54, 1.807) is 0 Å². The van der Waals surface area contributed by atoms with Crippen LogP contribution in [0, 0.1) is 10.1 Å². The third-order valence-corrected chi connectivity index (χ3v) is 4.45. The molecule has 0 radical (unpaired) electrons. The summed E-state index contributed by atoms with van der Waals surface area (Å²) in [6.45, 7) is 0. The van der Waals surface area contributed by atoms with E-state index in [9.17, 15) is 18.5 Å². The predicted molar refractivity (Wildman–Crippen MR) is 68.8 cm³/mol. The molecule has 0 saturated heterocycles. The van der Waals surface area contributed by atoms with E-state index in [-0.39, 0.29) is 20.2 Å². The highest BCUT2D eigenvalue weighted by molar-refractivity contribution is 7.93. The highest BCUT2D eigenvalue weighted by Crippen LogP contribution is 2.26. The Kier molecular flexibility index (Phi) is 3.64. The summed E-state index contributed by atoms with van der Waals surface area (Å²) in [6, 6.07) is 2.58. The summed E-state index contributed by atoms with van der Waals surface area (Å²) in [5.41, 5.74) is 0. The van der Waals surface area contributed by atoms with Crippen molar-refractivity contribution in [2.45, 2.75) is 4.90 Å². The number of sulfonamides is 1. The zero-order valence-corrected chi connectivity index (χ0v) is 11.4. The molecule has 2 aromatic heterocycles. The largest absolute Gasteiger partial charge is 0.345 e. The Morgan fingerprint density at radius 1 is 1.32 bits per heavy atom. The number of hydrogen-bond donors (Lipinski definition) is 1. The number of hydrogen-bond acceptors (Lipinski definition) is 7. The summed E-state index contributed by atoms with van der Waals surface area (Å²) in [5.74, 6) is 0. The van der Waals surface area contributed by atoms with Crippen LogP contribution in [-0.2, 0) is 10.0 Å². The first-order valence-corrected chi connectivity index (χ1v) is 7.31. The summed E-state index contributed by atoms with van der Waals surface area (Å²) < 4.78 is 25.9. The number of thiazole rings is 1. The molecule has 2 rings (SSSR count). The number of rotatable bonds is 4. The lowest BCUT2D eigenvalue weighted by Crippen LogP contribution is -2.12. The molecule has 0 unspecified atom stereocenters. The second-order valence-electron chi connectivity index (χ2n) is 3.18. The van der Waals surface area contributed by atoms with Crippen LogP contribution >= 0.6 is 22.9 Å². The SMILES string of the molecule is O=[N+]([O-])c1cnc(NS(=O)(=O)c2ccc(Cl)nc2)s1. The van der Waals surface area contributed by atoms with E-state index in [0.29, 0.717) is 11.3 Å². The Morgan fingerprint density at radius 3 is 2.58 bits per heavy atom. The molecule has 0 saturated carbocycles. The van der Waals surface area contributed by atoms with E-state index in [4.69, 9.17) is 11.6 Å². The van der Waals surface area contributed by atoms with Crippen LogP contribution in [0.2, 0.25) is 5.15 Å². The van der Waals surface area contributed by atoms with Gasteiger partial charge in [-0.1, -0.05) is 11.6 Å². The van der Waals surface area contributed by atoms with E-state index >= 15 is 0 Å². The highest BCUT2D eigenvalue weighted by atomic mass is 35.5. The van der Waals surface area contributed by atoms with E-state index in [2.05, 4.69) is 14.7 Å². The van der Waals surface area contributed by atoms with Gasteiger partial charge in [-0.05, 0) is 23.5 Å². The molecule has 8 nitrogen and oxygen atoms in total. The molecule has 0 atom stereocenters. The number of nitro groups is 1. The predicted octanol–water partition coefficient (Wildman–Crippen LogP) is 1.90. The maximum atomic E-state index is 11.9. The van der Waals surface area contributed by atoms with Gasteiger partial charge in [-0.15, -0.1) is 0 Å². The molecule has 0 aliphatic heterocycles. The Labute approximate surface area is 116 Å². The van der Waals surface area contributed by atoms with Gasteiger partial charge in [0.15, 0.2) is 0 Å². The van der Waals surface area contributed by atoms with Gasteiger partial charge in [0.2, 0.25) is 5.13 Å². The van der Waals surface area contributed by atoms with Crippen molar-refractivity contribution < 1.29 is 13.3 Å². The van der Waals surface area contributed by atoms with Crippen LogP contribution in [0.1, 0.15) is 0 Å². The van der Waals surface area contributed by atoms with E-state index in [1.807, 2.05) is 0 Å². The number of nitrogens with one attached hydrogen (secondary N) is 1. The average molecular weight is 321 g/mol. The van der Waals surface area contributed by atoms with Gasteiger partial charge in [0.1, 0.15) is 16.2 Å². The first-order valence-electron chi connectivity index (χ1n) is 4.63. The molecule has 0 aliphatic rings. The summed E-state index contributed by atoms with van der Waals surface area (Å²) in [7, 11) is -3.89. The molecular formula is C8H5ClN4O4S2. The van der Waals surface area contributed by atoms with Crippen molar-refractivity contribution in [3.05, 3.63) is 39.8 Å². The molecule has 0 fully saturated rings. The maximum Gasteiger partial charge on any atom is 0.345 e. The molecule has 100 valence electrons. The molecule has 0 aromatic carbocycles. The van der Waals surface area contributed by atoms with Crippen molar-refractivity contribution in [3.8, 4) is 0 Å². The van der Waals surface area contributed by atoms with Crippen LogP contribution in [0.5, 0.6) is 0 Å². The molecule has 2 heterocycles. The van der Waals surface area contributed by atoms with Crippen molar-refractivity contribution in [2.24, 2.45) is 0 Å². The number of aromatic nitrogens is 2. The third-order valence-electron chi connectivity index (χ3n) is 1.91. The van der Waals surface area contributed by atoms with Crippen molar-refractivity contribution in [1.82, 2.24) is 9.97 Å². The van der Waals surface area contributed by atoms with Crippen LogP contribution in [0.15, 0.2) is 29.4 Å². The van der Waals surface area contributed by atoms with E-state index in [1.165, 1.54) is 12.1 Å². The minimum Gasteiger partial charge on any atom is -0.257 e. The van der Waals surface area contributed by atoms with Crippen molar-refractivity contribution in [2.75, 3.05) is 4.72 Å². The smallest absolute Gasteiger partial charge is 0.257 e. The third kappa shape index (κ3) is 3.16.